The van der Waals surface area contributed by atoms with Gasteiger partial charge in [0, 0.05) is 6.54 Å². The minimum atomic E-state index is -1.46. The standard InChI is InChI=1S/C13H19N3O3/c1-13(11(17)18,10-6-3-2-4-7-10)16-12(19)15-9-5-8-14/h2-4,6-7H,5,8-9,14H2,1H3,(H,17,18)(H2,15,16,19). The third-order valence-corrected chi connectivity index (χ3v) is 2.81. The summed E-state index contributed by atoms with van der Waals surface area (Å²) in [5.41, 5.74) is 4.36. The first-order valence-corrected chi connectivity index (χ1v) is 6.05. The predicted octanol–water partition coefficient (Wildman–Crippen LogP) is 0.634. The molecule has 1 aromatic rings. The summed E-state index contributed by atoms with van der Waals surface area (Å²) in [5, 5.41) is 14.4. The van der Waals surface area contributed by atoms with E-state index in [4.69, 9.17) is 5.73 Å². The van der Waals surface area contributed by atoms with Gasteiger partial charge in [-0.3, -0.25) is 0 Å². The molecule has 1 unspecified atom stereocenters. The highest BCUT2D eigenvalue weighted by Crippen LogP contribution is 2.20. The highest BCUT2D eigenvalue weighted by Gasteiger charge is 2.36. The molecule has 6 nitrogen and oxygen atoms in total. The van der Waals surface area contributed by atoms with Gasteiger partial charge in [0.05, 0.1) is 0 Å². The Morgan fingerprint density at radius 2 is 1.95 bits per heavy atom. The fourth-order valence-electron chi connectivity index (χ4n) is 1.60. The summed E-state index contributed by atoms with van der Waals surface area (Å²) in [5.74, 6) is -1.12. The van der Waals surface area contributed by atoms with Crippen molar-refractivity contribution < 1.29 is 14.7 Å². The first-order valence-electron chi connectivity index (χ1n) is 6.05. The van der Waals surface area contributed by atoms with E-state index in [1.54, 1.807) is 30.3 Å². The van der Waals surface area contributed by atoms with Crippen LogP contribution in [0.25, 0.3) is 0 Å². The van der Waals surface area contributed by atoms with Crippen molar-refractivity contribution in [1.82, 2.24) is 10.6 Å². The molecule has 2 amide bonds. The number of carbonyl (C=O) groups is 2. The molecule has 0 aliphatic heterocycles. The predicted molar refractivity (Wildman–Crippen MR) is 71.6 cm³/mol. The first kappa shape index (κ1) is 15.0. The number of benzene rings is 1. The third kappa shape index (κ3) is 3.96. The molecule has 1 aromatic carbocycles. The smallest absolute Gasteiger partial charge is 0.333 e. The van der Waals surface area contributed by atoms with E-state index >= 15 is 0 Å². The van der Waals surface area contributed by atoms with Crippen molar-refractivity contribution in [1.29, 1.82) is 0 Å². The van der Waals surface area contributed by atoms with Crippen LogP contribution in [0.15, 0.2) is 30.3 Å². The summed E-state index contributed by atoms with van der Waals surface area (Å²) in [4.78, 5) is 23.1. The quantitative estimate of drug-likeness (QED) is 0.566. The summed E-state index contributed by atoms with van der Waals surface area (Å²) in [6, 6.07) is 8.03. The van der Waals surface area contributed by atoms with Crippen LogP contribution < -0.4 is 16.4 Å². The lowest BCUT2D eigenvalue weighted by atomic mass is 9.92. The van der Waals surface area contributed by atoms with Gasteiger partial charge in [0.2, 0.25) is 0 Å². The summed E-state index contributed by atoms with van der Waals surface area (Å²) >= 11 is 0. The first-order chi connectivity index (χ1) is 9.00. The molecule has 0 spiro atoms. The molecule has 0 saturated heterocycles. The summed E-state index contributed by atoms with van der Waals surface area (Å²) in [7, 11) is 0. The zero-order valence-corrected chi connectivity index (χ0v) is 10.8. The second kappa shape index (κ2) is 6.75. The van der Waals surface area contributed by atoms with Crippen molar-refractivity contribution in [2.24, 2.45) is 5.73 Å². The number of carboxylic acid groups (broad SMARTS) is 1. The fraction of sp³-hybridized carbons (Fsp3) is 0.385. The Morgan fingerprint density at radius 1 is 1.32 bits per heavy atom. The number of nitrogens with two attached hydrogens (primary N) is 1. The zero-order valence-electron chi connectivity index (χ0n) is 10.8. The van der Waals surface area contributed by atoms with Crippen LogP contribution in [0.4, 0.5) is 4.79 Å². The Hall–Kier alpha value is -2.08. The Kier molecular flexibility index (Phi) is 5.32. The average Bonchev–Trinajstić information content (AvgIpc) is 2.39. The number of carbonyl (C=O) groups excluding carboxylic acids is 1. The molecule has 104 valence electrons. The van der Waals surface area contributed by atoms with Crippen LogP contribution >= 0.6 is 0 Å². The molecule has 0 aromatic heterocycles. The number of nitrogens with one attached hydrogen (secondary N) is 2. The van der Waals surface area contributed by atoms with Crippen molar-refractivity contribution in [3.8, 4) is 0 Å². The maximum Gasteiger partial charge on any atom is 0.333 e. The van der Waals surface area contributed by atoms with Crippen LogP contribution in [0.1, 0.15) is 18.9 Å². The van der Waals surface area contributed by atoms with Gasteiger partial charge < -0.3 is 21.5 Å². The van der Waals surface area contributed by atoms with Gasteiger partial charge in [0.25, 0.3) is 0 Å². The molecule has 1 atom stereocenters. The Labute approximate surface area is 112 Å². The van der Waals surface area contributed by atoms with Crippen LogP contribution in [0.2, 0.25) is 0 Å². The number of hydrogen-bond donors (Lipinski definition) is 4. The lowest BCUT2D eigenvalue weighted by Gasteiger charge is -2.26. The minimum Gasteiger partial charge on any atom is -0.479 e. The van der Waals surface area contributed by atoms with Crippen molar-refractivity contribution >= 4 is 12.0 Å². The zero-order chi connectivity index (χ0) is 14.3. The van der Waals surface area contributed by atoms with E-state index in [1.807, 2.05) is 0 Å². The van der Waals surface area contributed by atoms with Crippen LogP contribution in [0, 0.1) is 0 Å². The van der Waals surface area contributed by atoms with E-state index in [1.165, 1.54) is 6.92 Å². The lowest BCUT2D eigenvalue weighted by molar-refractivity contribution is -0.144. The highest BCUT2D eigenvalue weighted by molar-refractivity contribution is 5.87. The summed E-state index contributed by atoms with van der Waals surface area (Å²) in [6.45, 7) is 2.33. The SMILES string of the molecule is CC(NC(=O)NCCCN)(C(=O)O)c1ccccc1. The normalized spacial score (nSPS) is 13.4. The molecular weight excluding hydrogens is 246 g/mol. The second-order valence-electron chi connectivity index (χ2n) is 4.32. The number of aliphatic carboxylic acids is 1. The van der Waals surface area contributed by atoms with Crippen molar-refractivity contribution in [3.05, 3.63) is 35.9 Å². The maximum atomic E-state index is 11.7. The van der Waals surface area contributed by atoms with Gasteiger partial charge in [-0.2, -0.15) is 0 Å². The summed E-state index contributed by atoms with van der Waals surface area (Å²) in [6.07, 6.45) is 0.641. The molecule has 1 rings (SSSR count). The number of amides is 2. The van der Waals surface area contributed by atoms with Crippen LogP contribution in [-0.4, -0.2) is 30.2 Å². The summed E-state index contributed by atoms with van der Waals surface area (Å²) < 4.78 is 0. The molecule has 19 heavy (non-hydrogen) atoms. The van der Waals surface area contributed by atoms with Crippen molar-refractivity contribution in [3.63, 3.8) is 0 Å². The topological polar surface area (TPSA) is 104 Å². The molecular formula is C13H19N3O3. The fourth-order valence-corrected chi connectivity index (χ4v) is 1.60. The molecule has 0 aliphatic carbocycles. The Morgan fingerprint density at radius 3 is 2.47 bits per heavy atom. The molecule has 0 heterocycles. The van der Waals surface area contributed by atoms with E-state index in [-0.39, 0.29) is 0 Å². The van der Waals surface area contributed by atoms with Gasteiger partial charge in [-0.1, -0.05) is 30.3 Å². The van der Waals surface area contributed by atoms with Gasteiger partial charge in [0.1, 0.15) is 0 Å². The maximum absolute atomic E-state index is 11.7. The highest BCUT2D eigenvalue weighted by atomic mass is 16.4. The number of rotatable bonds is 6. The second-order valence-corrected chi connectivity index (χ2v) is 4.32. The number of carboxylic acids is 1. The molecule has 0 saturated carbocycles. The van der Waals surface area contributed by atoms with E-state index in [0.717, 1.165) is 0 Å². The molecule has 0 radical (unpaired) electrons. The van der Waals surface area contributed by atoms with E-state index in [0.29, 0.717) is 25.1 Å². The van der Waals surface area contributed by atoms with E-state index in [9.17, 15) is 14.7 Å². The lowest BCUT2D eigenvalue weighted by Crippen LogP contribution is -2.53. The van der Waals surface area contributed by atoms with Gasteiger partial charge in [-0.15, -0.1) is 0 Å². The molecule has 0 bridgehead atoms. The third-order valence-electron chi connectivity index (χ3n) is 2.81. The molecule has 0 fully saturated rings. The van der Waals surface area contributed by atoms with Crippen LogP contribution in [-0.2, 0) is 10.3 Å². The number of hydrogen-bond acceptors (Lipinski definition) is 3. The molecule has 5 N–H and O–H groups in total. The van der Waals surface area contributed by atoms with Gasteiger partial charge in [0.15, 0.2) is 5.54 Å². The van der Waals surface area contributed by atoms with Gasteiger partial charge in [-0.25, -0.2) is 9.59 Å². The molecule has 0 aliphatic rings. The van der Waals surface area contributed by atoms with Gasteiger partial charge >= 0.3 is 12.0 Å². The van der Waals surface area contributed by atoms with E-state index in [2.05, 4.69) is 10.6 Å². The van der Waals surface area contributed by atoms with Gasteiger partial charge in [-0.05, 0) is 25.5 Å². The Balaban J connectivity index is 2.78. The van der Waals surface area contributed by atoms with Crippen molar-refractivity contribution in [2.75, 3.05) is 13.1 Å². The van der Waals surface area contributed by atoms with Crippen LogP contribution in [0.3, 0.4) is 0 Å². The molecule has 6 heteroatoms. The number of urea groups is 1. The van der Waals surface area contributed by atoms with Crippen molar-refractivity contribution in [2.45, 2.75) is 18.9 Å². The van der Waals surface area contributed by atoms with E-state index < -0.39 is 17.5 Å². The Bertz CT molecular complexity index is 436. The monoisotopic (exact) mass is 265 g/mol. The average molecular weight is 265 g/mol. The largest absolute Gasteiger partial charge is 0.479 e. The van der Waals surface area contributed by atoms with Crippen LogP contribution in [0.5, 0.6) is 0 Å². The minimum absolute atomic E-state index is 0.410.